The number of carbonyl (C=O) groups excluding carboxylic acids is 2. The van der Waals surface area contributed by atoms with Crippen molar-refractivity contribution in [2.24, 2.45) is 0 Å². The Morgan fingerprint density at radius 2 is 2.06 bits per heavy atom. The summed E-state index contributed by atoms with van der Waals surface area (Å²) in [4.78, 5) is 42.7. The van der Waals surface area contributed by atoms with Crippen molar-refractivity contribution in [3.63, 3.8) is 0 Å². The van der Waals surface area contributed by atoms with Gasteiger partial charge in [0, 0.05) is 29.1 Å². The Kier molecular flexibility index (Phi) is 5.45. The summed E-state index contributed by atoms with van der Waals surface area (Å²) in [6.45, 7) is 3.55. The fourth-order valence-electron chi connectivity index (χ4n) is 4.90. The van der Waals surface area contributed by atoms with Crippen LogP contribution in [-0.2, 0) is 39.6 Å². The van der Waals surface area contributed by atoms with Crippen molar-refractivity contribution in [2.45, 2.75) is 45.6 Å². The zero-order valence-electron chi connectivity index (χ0n) is 19.6. The van der Waals surface area contributed by atoms with Crippen molar-refractivity contribution in [1.29, 1.82) is 0 Å². The molecule has 1 amide bonds. The number of carbonyl (C=O) groups is 2. The Labute approximate surface area is 199 Å². The molecule has 3 aromatic rings. The largest absolute Gasteiger partial charge is 0.458 e. The summed E-state index contributed by atoms with van der Waals surface area (Å²) in [5, 5.41) is 17.4. The van der Waals surface area contributed by atoms with Gasteiger partial charge in [-0.2, -0.15) is 0 Å². The molecular weight excluding hydrogens is 455 g/mol. The highest BCUT2D eigenvalue weighted by molar-refractivity contribution is 5.90. The number of hydrogen-bond donors (Lipinski definition) is 3. The maximum Gasteiger partial charge on any atom is 0.343 e. The molecule has 2 aliphatic heterocycles. The summed E-state index contributed by atoms with van der Waals surface area (Å²) >= 11 is 0. The fourth-order valence-corrected chi connectivity index (χ4v) is 4.90. The van der Waals surface area contributed by atoms with Crippen LogP contribution in [0.2, 0.25) is 0 Å². The van der Waals surface area contributed by atoms with Crippen LogP contribution in [0.4, 0.5) is 4.39 Å². The fraction of sp³-hybridized carbons (Fsp3) is 0.360. The number of likely N-dealkylation sites (N-methyl/N-ethyl adjacent to an activating group) is 1. The number of nitrogens with zero attached hydrogens (tertiary/aromatic N) is 2. The predicted molar refractivity (Wildman–Crippen MR) is 125 cm³/mol. The van der Waals surface area contributed by atoms with E-state index in [9.17, 15) is 23.9 Å². The molecule has 2 aliphatic rings. The van der Waals surface area contributed by atoms with Gasteiger partial charge in [0.1, 0.15) is 12.4 Å². The molecule has 4 heterocycles. The Morgan fingerprint density at radius 3 is 2.77 bits per heavy atom. The van der Waals surface area contributed by atoms with Crippen LogP contribution in [0, 0.1) is 12.7 Å². The number of fused-ring (bicyclic) bond motifs is 5. The number of aryl methyl sites for hydroxylation is 1. The Balaban J connectivity index is 1.75. The molecule has 35 heavy (non-hydrogen) atoms. The van der Waals surface area contributed by atoms with Crippen LogP contribution in [0.3, 0.4) is 0 Å². The number of hydrogen-bond acceptors (Lipinski definition) is 7. The maximum absolute atomic E-state index is 14.5. The molecule has 0 aliphatic carbocycles. The van der Waals surface area contributed by atoms with Gasteiger partial charge in [0.15, 0.2) is 5.60 Å². The van der Waals surface area contributed by atoms with Gasteiger partial charge in [-0.1, -0.05) is 6.92 Å². The second kappa shape index (κ2) is 8.24. The molecule has 0 fully saturated rings. The SMILES string of the molecule is CC[C@@]1(O)C(=O)OCc2c1cc1n(c2=O)Cc2c-1nc1cc(F)c(C)cc1c2CNC(=O)CNC. The summed E-state index contributed by atoms with van der Waals surface area (Å²) in [6, 6.07) is 4.64. The lowest BCUT2D eigenvalue weighted by Gasteiger charge is -2.31. The molecule has 3 N–H and O–H groups in total. The number of benzene rings is 1. The van der Waals surface area contributed by atoms with Crippen LogP contribution in [0.1, 0.15) is 41.2 Å². The second-order valence-electron chi connectivity index (χ2n) is 8.95. The van der Waals surface area contributed by atoms with E-state index in [0.29, 0.717) is 27.9 Å². The van der Waals surface area contributed by atoms with Crippen LogP contribution in [0.25, 0.3) is 22.3 Å². The lowest BCUT2D eigenvalue weighted by atomic mass is 9.86. The molecule has 0 radical (unpaired) electrons. The summed E-state index contributed by atoms with van der Waals surface area (Å²) < 4.78 is 21.1. The normalized spacial score (nSPS) is 18.1. The third-order valence-electron chi connectivity index (χ3n) is 6.89. The van der Waals surface area contributed by atoms with Crippen molar-refractivity contribution in [2.75, 3.05) is 13.6 Å². The van der Waals surface area contributed by atoms with Crippen molar-refractivity contribution < 1.29 is 23.8 Å². The Bertz CT molecular complexity index is 1480. The highest BCUT2D eigenvalue weighted by Gasteiger charge is 2.45. The minimum absolute atomic E-state index is 0.0347. The van der Waals surface area contributed by atoms with Gasteiger partial charge in [0.25, 0.3) is 5.56 Å². The lowest BCUT2D eigenvalue weighted by molar-refractivity contribution is -0.172. The quantitative estimate of drug-likeness (QED) is 0.369. The molecule has 2 aromatic heterocycles. The van der Waals surface area contributed by atoms with E-state index < -0.39 is 17.4 Å². The third-order valence-corrected chi connectivity index (χ3v) is 6.89. The van der Waals surface area contributed by atoms with Crippen LogP contribution >= 0.6 is 0 Å². The van der Waals surface area contributed by atoms with Gasteiger partial charge >= 0.3 is 5.97 Å². The van der Waals surface area contributed by atoms with Crippen LogP contribution in [0.15, 0.2) is 23.0 Å². The first-order valence-corrected chi connectivity index (χ1v) is 11.4. The van der Waals surface area contributed by atoms with Crippen molar-refractivity contribution >= 4 is 22.8 Å². The van der Waals surface area contributed by atoms with Gasteiger partial charge in [-0.3, -0.25) is 9.59 Å². The minimum atomic E-state index is -1.94. The van der Waals surface area contributed by atoms with E-state index in [0.717, 1.165) is 11.1 Å². The molecule has 0 unspecified atom stereocenters. The topological polar surface area (TPSA) is 123 Å². The molecule has 9 nitrogen and oxygen atoms in total. The summed E-state index contributed by atoms with van der Waals surface area (Å²) in [7, 11) is 1.67. The minimum Gasteiger partial charge on any atom is -0.458 e. The highest BCUT2D eigenvalue weighted by atomic mass is 19.1. The van der Waals surface area contributed by atoms with Gasteiger partial charge in [-0.05, 0) is 43.7 Å². The van der Waals surface area contributed by atoms with Crippen molar-refractivity contribution in [3.05, 3.63) is 62.2 Å². The first kappa shape index (κ1) is 23.1. The van der Waals surface area contributed by atoms with Gasteiger partial charge in [-0.25, -0.2) is 14.2 Å². The molecule has 182 valence electrons. The van der Waals surface area contributed by atoms with E-state index in [1.807, 2.05) is 0 Å². The van der Waals surface area contributed by atoms with E-state index in [4.69, 9.17) is 4.74 Å². The number of cyclic esters (lactones) is 1. The van der Waals surface area contributed by atoms with E-state index in [-0.39, 0.29) is 55.3 Å². The van der Waals surface area contributed by atoms with Crippen LogP contribution in [-0.4, -0.2) is 40.1 Å². The molecule has 0 saturated carbocycles. The number of halogens is 1. The van der Waals surface area contributed by atoms with E-state index >= 15 is 0 Å². The number of aliphatic hydroxyl groups is 1. The molecule has 1 atom stereocenters. The lowest BCUT2D eigenvalue weighted by Crippen LogP contribution is -2.44. The molecular formula is C25H25FN4O5. The van der Waals surface area contributed by atoms with Gasteiger partial charge in [0.05, 0.1) is 35.6 Å². The molecule has 0 spiro atoms. The first-order chi connectivity index (χ1) is 16.7. The second-order valence-corrected chi connectivity index (χ2v) is 8.95. The standard InChI is InChI=1S/C25H25FN4O5/c1-4-25(34)17-6-20-22-15(10-30(20)23(32)16(17)11-35-24(25)33)14(8-28-21(31)9-27-3)13-5-12(2)18(26)7-19(13)29-22/h5-7,27,34H,4,8-11H2,1-3H3,(H,28,31)/t25-/m0/s1. The zero-order valence-corrected chi connectivity index (χ0v) is 19.6. The number of amides is 1. The van der Waals surface area contributed by atoms with Crippen LogP contribution in [0.5, 0.6) is 0 Å². The predicted octanol–water partition coefficient (Wildman–Crippen LogP) is 1.36. The molecule has 10 heteroatoms. The van der Waals surface area contributed by atoms with Gasteiger partial charge < -0.3 is 25.0 Å². The highest BCUT2D eigenvalue weighted by Crippen LogP contribution is 2.40. The molecule has 5 rings (SSSR count). The number of aromatic nitrogens is 2. The van der Waals surface area contributed by atoms with Gasteiger partial charge in [-0.15, -0.1) is 0 Å². The monoisotopic (exact) mass is 480 g/mol. The Morgan fingerprint density at radius 1 is 1.29 bits per heavy atom. The Hall–Kier alpha value is -3.63. The third kappa shape index (κ3) is 3.43. The number of pyridine rings is 2. The smallest absolute Gasteiger partial charge is 0.343 e. The summed E-state index contributed by atoms with van der Waals surface area (Å²) in [5.74, 6) is -1.43. The van der Waals surface area contributed by atoms with E-state index in [1.54, 1.807) is 33.0 Å². The summed E-state index contributed by atoms with van der Waals surface area (Å²) in [5.41, 5.74) is 1.27. The number of nitrogens with one attached hydrogen (secondary N) is 2. The van der Waals surface area contributed by atoms with Crippen molar-refractivity contribution in [3.8, 4) is 11.4 Å². The molecule has 0 saturated heterocycles. The van der Waals surface area contributed by atoms with Crippen LogP contribution < -0.4 is 16.2 Å². The van der Waals surface area contributed by atoms with Gasteiger partial charge in [0.2, 0.25) is 5.91 Å². The maximum atomic E-state index is 14.5. The van der Waals surface area contributed by atoms with E-state index in [1.165, 1.54) is 10.6 Å². The van der Waals surface area contributed by atoms with Crippen molar-refractivity contribution in [1.82, 2.24) is 20.2 Å². The average Bonchev–Trinajstić information content (AvgIpc) is 3.19. The number of esters is 1. The zero-order chi connectivity index (χ0) is 25.1. The molecule has 0 bridgehead atoms. The average molecular weight is 480 g/mol. The number of ether oxygens (including phenoxy) is 1. The molecule has 1 aromatic carbocycles. The first-order valence-electron chi connectivity index (χ1n) is 11.4. The summed E-state index contributed by atoms with van der Waals surface area (Å²) in [6.07, 6.45) is 0.0347. The number of rotatable bonds is 5. The van der Waals surface area contributed by atoms with E-state index in [2.05, 4.69) is 15.6 Å².